The van der Waals surface area contributed by atoms with Crippen LogP contribution < -0.4 is 0 Å². The van der Waals surface area contributed by atoms with Crippen LogP contribution in [0, 0.1) is 0 Å². The molecule has 0 aromatic carbocycles. The first-order chi connectivity index (χ1) is 27.5. The lowest BCUT2D eigenvalue weighted by Crippen LogP contribution is -2.60. The van der Waals surface area contributed by atoms with Gasteiger partial charge in [0.15, 0.2) is 12.4 Å². The molecule has 1 rings (SSSR count). The molecule has 0 spiro atoms. The summed E-state index contributed by atoms with van der Waals surface area (Å²) in [5, 5.41) is 30.8. The normalized spacial score (nSPS) is 20.5. The van der Waals surface area contributed by atoms with Crippen LogP contribution in [0.15, 0.2) is 24.8 Å². The van der Waals surface area contributed by atoms with Gasteiger partial charge in [-0.05, 0) is 51.4 Å². The molecular weight excluding hydrogens is 753 g/mol. The molecule has 2 unspecified atom stereocenters. The van der Waals surface area contributed by atoms with E-state index in [9.17, 15) is 37.9 Å². The van der Waals surface area contributed by atoms with Crippen molar-refractivity contribution in [3.05, 3.63) is 24.8 Å². The number of carbonyl (C=O) groups is 2. The number of rotatable bonds is 38. The van der Waals surface area contributed by atoms with E-state index in [1.165, 1.54) is 89.9 Å². The molecule has 0 bridgehead atoms. The molecule has 1 heterocycles. The molecule has 1 aliphatic rings. The third-order valence-electron chi connectivity index (χ3n) is 10.4. The molecule has 6 atom stereocenters. The average Bonchev–Trinajstić information content (AvgIpc) is 3.17. The summed E-state index contributed by atoms with van der Waals surface area (Å²) >= 11 is 0. The SMILES string of the molecule is C=CCCCCCCCCCCCCCCCC(=O)O[C@H](COC(=O)CCCCCCC/C=C/CCCCCCC)CO[C@H]1O[C@H](CS(=O)(=O)O)[C@@H](O)C(O)C1O. The summed E-state index contributed by atoms with van der Waals surface area (Å²) in [6.45, 7) is 5.27. The molecule has 0 aliphatic carbocycles. The number of allylic oxidation sites excluding steroid dienone is 3. The van der Waals surface area contributed by atoms with E-state index in [1.54, 1.807) is 0 Å². The number of aliphatic hydroxyl groups is 3. The monoisotopic (exact) mass is 833 g/mol. The van der Waals surface area contributed by atoms with Crippen molar-refractivity contribution in [2.24, 2.45) is 0 Å². The van der Waals surface area contributed by atoms with E-state index in [2.05, 4.69) is 25.7 Å². The lowest BCUT2D eigenvalue weighted by Gasteiger charge is -2.40. The highest BCUT2D eigenvalue weighted by atomic mass is 32.2. The van der Waals surface area contributed by atoms with Gasteiger partial charge in [0.2, 0.25) is 0 Å². The van der Waals surface area contributed by atoms with Gasteiger partial charge in [-0.3, -0.25) is 14.1 Å². The van der Waals surface area contributed by atoms with E-state index in [1.807, 2.05) is 6.08 Å². The Kier molecular flexibility index (Phi) is 32.6. The molecule has 1 fully saturated rings. The second-order valence-corrected chi connectivity index (χ2v) is 17.3. The van der Waals surface area contributed by atoms with Gasteiger partial charge in [0.25, 0.3) is 10.1 Å². The minimum absolute atomic E-state index is 0.163. The zero-order chi connectivity index (χ0) is 42.0. The number of unbranched alkanes of at least 4 members (excludes halogenated alkanes) is 23. The maximum absolute atomic E-state index is 12.8. The highest BCUT2D eigenvalue weighted by Gasteiger charge is 2.46. The fourth-order valence-corrected chi connectivity index (χ4v) is 7.58. The number of ether oxygens (including phenoxy) is 4. The Labute approximate surface area is 345 Å². The van der Waals surface area contributed by atoms with Crippen molar-refractivity contribution in [2.75, 3.05) is 19.0 Å². The van der Waals surface area contributed by atoms with Gasteiger partial charge in [-0.1, -0.05) is 141 Å². The van der Waals surface area contributed by atoms with Gasteiger partial charge >= 0.3 is 11.9 Å². The molecule has 4 N–H and O–H groups in total. The molecule has 57 heavy (non-hydrogen) atoms. The second kappa shape index (κ2) is 34.9. The van der Waals surface area contributed by atoms with Crippen LogP contribution in [0.2, 0.25) is 0 Å². The third-order valence-corrected chi connectivity index (χ3v) is 11.1. The standard InChI is InChI=1S/C44H80O12S/c1-3-5-7-9-11-13-15-17-19-21-23-25-27-29-31-33-40(46)55-37(35-54-44-43(49)42(48)41(47)38(56-44)36-57(50,51)52)34-53-39(45)32-30-28-26-24-22-20-18-16-14-12-10-8-6-4-2/h3,16,18,37-38,41-44,47-49H,1,4-15,17,19-36H2,2H3,(H,50,51,52)/b18-16+/t37-,38-,41-,42?,43?,44+/m1/s1. The molecule has 12 nitrogen and oxygen atoms in total. The van der Waals surface area contributed by atoms with Crippen molar-refractivity contribution in [1.29, 1.82) is 0 Å². The van der Waals surface area contributed by atoms with Crippen molar-refractivity contribution in [1.82, 2.24) is 0 Å². The van der Waals surface area contributed by atoms with Crippen LogP contribution in [0.25, 0.3) is 0 Å². The fourth-order valence-electron chi connectivity index (χ4n) is 6.89. The number of hydrogen-bond acceptors (Lipinski definition) is 11. The highest BCUT2D eigenvalue weighted by molar-refractivity contribution is 7.85. The van der Waals surface area contributed by atoms with Gasteiger partial charge in [0, 0.05) is 12.8 Å². The van der Waals surface area contributed by atoms with Crippen LogP contribution in [0.3, 0.4) is 0 Å². The zero-order valence-corrected chi connectivity index (χ0v) is 36.1. The molecule has 1 saturated heterocycles. The predicted molar refractivity (Wildman–Crippen MR) is 224 cm³/mol. The maximum atomic E-state index is 12.8. The summed E-state index contributed by atoms with van der Waals surface area (Å²) in [6.07, 6.45) is 26.8. The lowest BCUT2D eigenvalue weighted by molar-refractivity contribution is -0.297. The van der Waals surface area contributed by atoms with Gasteiger partial charge in [-0.25, -0.2) is 0 Å². The summed E-state index contributed by atoms with van der Waals surface area (Å²) in [5.41, 5.74) is 0. The van der Waals surface area contributed by atoms with Crippen LogP contribution in [0.4, 0.5) is 0 Å². The van der Waals surface area contributed by atoms with Crippen molar-refractivity contribution < 1.29 is 56.8 Å². The molecule has 0 saturated carbocycles. The number of aliphatic hydroxyl groups excluding tert-OH is 3. The van der Waals surface area contributed by atoms with E-state index < -0.39 is 71.2 Å². The highest BCUT2D eigenvalue weighted by Crippen LogP contribution is 2.24. The molecule has 0 radical (unpaired) electrons. The predicted octanol–water partition coefficient (Wildman–Crippen LogP) is 8.84. The minimum atomic E-state index is -4.60. The summed E-state index contributed by atoms with van der Waals surface area (Å²) in [5.74, 6) is -1.99. The molecule has 0 aromatic heterocycles. The Hall–Kier alpha value is -1.87. The number of esters is 2. The van der Waals surface area contributed by atoms with Crippen LogP contribution in [-0.4, -0.2) is 96.0 Å². The van der Waals surface area contributed by atoms with E-state index in [0.717, 1.165) is 64.2 Å². The van der Waals surface area contributed by atoms with E-state index in [0.29, 0.717) is 12.8 Å². The Morgan fingerprint density at radius 2 is 1.09 bits per heavy atom. The van der Waals surface area contributed by atoms with Crippen LogP contribution in [0.5, 0.6) is 0 Å². The van der Waals surface area contributed by atoms with E-state index in [-0.39, 0.29) is 19.4 Å². The Balaban J connectivity index is 2.45. The van der Waals surface area contributed by atoms with Crippen molar-refractivity contribution in [3.63, 3.8) is 0 Å². The van der Waals surface area contributed by atoms with Crippen LogP contribution >= 0.6 is 0 Å². The topological polar surface area (TPSA) is 186 Å². The largest absolute Gasteiger partial charge is 0.462 e. The molecular formula is C44H80O12S. The summed E-state index contributed by atoms with van der Waals surface area (Å²) < 4.78 is 54.0. The number of hydrogen-bond donors (Lipinski definition) is 4. The van der Waals surface area contributed by atoms with Gasteiger partial charge in [-0.2, -0.15) is 8.42 Å². The first kappa shape index (κ1) is 53.1. The van der Waals surface area contributed by atoms with Gasteiger partial charge in [0.1, 0.15) is 36.8 Å². The van der Waals surface area contributed by atoms with Gasteiger partial charge in [0.05, 0.1) is 6.61 Å². The first-order valence-corrected chi connectivity index (χ1v) is 24.0. The molecule has 1 aliphatic heterocycles. The number of carbonyl (C=O) groups excluding carboxylic acids is 2. The van der Waals surface area contributed by atoms with Gasteiger partial charge in [-0.15, -0.1) is 6.58 Å². The van der Waals surface area contributed by atoms with Crippen molar-refractivity contribution in [2.45, 2.75) is 224 Å². The Bertz CT molecular complexity index is 1150. The second-order valence-electron chi connectivity index (χ2n) is 15.8. The van der Waals surface area contributed by atoms with Crippen LogP contribution in [0.1, 0.15) is 187 Å². The summed E-state index contributed by atoms with van der Waals surface area (Å²) in [7, 11) is -4.60. The van der Waals surface area contributed by atoms with Crippen LogP contribution in [-0.2, 0) is 38.7 Å². The van der Waals surface area contributed by atoms with Crippen molar-refractivity contribution in [3.8, 4) is 0 Å². The average molecular weight is 833 g/mol. The summed E-state index contributed by atoms with van der Waals surface area (Å²) in [4.78, 5) is 25.4. The molecule has 334 valence electrons. The van der Waals surface area contributed by atoms with Gasteiger partial charge < -0.3 is 34.3 Å². The van der Waals surface area contributed by atoms with Crippen molar-refractivity contribution >= 4 is 22.1 Å². The molecule has 13 heteroatoms. The van der Waals surface area contributed by atoms with E-state index in [4.69, 9.17) is 18.9 Å². The smallest absolute Gasteiger partial charge is 0.306 e. The lowest BCUT2D eigenvalue weighted by atomic mass is 10.00. The fraction of sp³-hybridized carbons (Fsp3) is 0.864. The maximum Gasteiger partial charge on any atom is 0.306 e. The van der Waals surface area contributed by atoms with E-state index >= 15 is 0 Å². The third kappa shape index (κ3) is 29.9. The Morgan fingerprint density at radius 1 is 0.632 bits per heavy atom. The zero-order valence-electron chi connectivity index (χ0n) is 35.3. The Morgan fingerprint density at radius 3 is 1.58 bits per heavy atom. The first-order valence-electron chi connectivity index (χ1n) is 22.4. The quantitative estimate of drug-likeness (QED) is 0.0201. The molecule has 0 aromatic rings. The minimum Gasteiger partial charge on any atom is -0.462 e. The summed E-state index contributed by atoms with van der Waals surface area (Å²) in [6, 6.07) is 0. The molecule has 0 amide bonds.